The van der Waals surface area contributed by atoms with Crippen molar-refractivity contribution in [1.29, 1.82) is 0 Å². The summed E-state index contributed by atoms with van der Waals surface area (Å²) >= 11 is 6.37. The van der Waals surface area contributed by atoms with Crippen molar-refractivity contribution in [2.75, 3.05) is 13.2 Å². The number of carbonyl (C=O) groups excluding carboxylic acids is 1. The molecule has 17 heavy (non-hydrogen) atoms. The van der Waals surface area contributed by atoms with Gasteiger partial charge in [-0.25, -0.2) is 0 Å². The third-order valence-electron chi connectivity index (χ3n) is 2.29. The lowest BCUT2D eigenvalue weighted by Crippen LogP contribution is -2.30. The Morgan fingerprint density at radius 1 is 1.35 bits per heavy atom. The number of nitrogens with zero attached hydrogens (tertiary/aromatic N) is 1. The first-order valence-corrected chi connectivity index (χ1v) is 6.36. The molecule has 1 saturated heterocycles. The molecule has 2 rings (SSSR count). The summed E-state index contributed by atoms with van der Waals surface area (Å²) < 4.78 is 0.506. The van der Waals surface area contributed by atoms with Gasteiger partial charge in [0.1, 0.15) is 4.32 Å². The molecule has 1 heterocycles. The Bertz CT molecular complexity index is 471. The highest BCUT2D eigenvalue weighted by atomic mass is 32.2. The zero-order valence-corrected chi connectivity index (χ0v) is 10.6. The molecule has 1 fully saturated rings. The van der Waals surface area contributed by atoms with E-state index in [9.17, 15) is 4.79 Å². The second kappa shape index (κ2) is 5.44. The van der Waals surface area contributed by atoms with Crippen molar-refractivity contribution < 1.29 is 9.90 Å². The summed E-state index contributed by atoms with van der Waals surface area (Å²) in [5.74, 6) is -0.127. The van der Waals surface area contributed by atoms with Gasteiger partial charge in [-0.3, -0.25) is 9.69 Å². The van der Waals surface area contributed by atoms with Crippen LogP contribution in [0.25, 0.3) is 6.08 Å². The number of hydrogen-bond donors (Lipinski definition) is 1. The fourth-order valence-corrected chi connectivity index (χ4v) is 2.80. The maximum absolute atomic E-state index is 11.9. The molecule has 3 nitrogen and oxygen atoms in total. The van der Waals surface area contributed by atoms with E-state index in [2.05, 4.69) is 0 Å². The lowest BCUT2D eigenvalue weighted by Gasteiger charge is -2.11. The predicted molar refractivity (Wildman–Crippen MR) is 73.4 cm³/mol. The number of carbonyl (C=O) groups is 1. The number of aliphatic hydroxyl groups excluding tert-OH is 1. The van der Waals surface area contributed by atoms with Gasteiger partial charge in [-0.1, -0.05) is 54.3 Å². The lowest BCUT2D eigenvalue weighted by molar-refractivity contribution is -0.122. The summed E-state index contributed by atoms with van der Waals surface area (Å²) in [6.45, 7) is 0.182. The fourth-order valence-electron chi connectivity index (χ4n) is 1.49. The second-order valence-corrected chi connectivity index (χ2v) is 5.14. The Kier molecular flexibility index (Phi) is 3.93. The number of amides is 1. The number of thiocarbonyl (C=S) groups is 1. The van der Waals surface area contributed by atoms with Gasteiger partial charge in [-0.2, -0.15) is 0 Å². The maximum atomic E-state index is 11.9. The zero-order valence-electron chi connectivity index (χ0n) is 9.00. The van der Waals surface area contributed by atoms with Gasteiger partial charge in [-0.05, 0) is 11.6 Å². The SMILES string of the molecule is O=C1/C(=C/c2ccccc2)SC(=S)N1CCO. The van der Waals surface area contributed by atoms with E-state index in [1.165, 1.54) is 16.7 Å². The molecule has 1 aliphatic rings. The molecule has 0 atom stereocenters. The molecular formula is C12H11NO2S2. The monoisotopic (exact) mass is 265 g/mol. The van der Waals surface area contributed by atoms with Gasteiger partial charge in [0.05, 0.1) is 18.1 Å². The summed E-state index contributed by atoms with van der Waals surface area (Å²) in [7, 11) is 0. The van der Waals surface area contributed by atoms with Crippen molar-refractivity contribution in [3.05, 3.63) is 40.8 Å². The molecule has 0 aromatic heterocycles. The molecule has 0 bridgehead atoms. The second-order valence-electron chi connectivity index (χ2n) is 3.47. The summed E-state index contributed by atoms with van der Waals surface area (Å²) in [5.41, 5.74) is 0.969. The van der Waals surface area contributed by atoms with Gasteiger partial charge in [0.15, 0.2) is 0 Å². The number of hydrogen-bond acceptors (Lipinski definition) is 4. The minimum Gasteiger partial charge on any atom is -0.395 e. The number of aliphatic hydroxyl groups is 1. The molecule has 0 spiro atoms. The van der Waals surface area contributed by atoms with E-state index >= 15 is 0 Å². The number of rotatable bonds is 3. The highest BCUT2D eigenvalue weighted by Gasteiger charge is 2.31. The molecule has 0 aliphatic carbocycles. The number of β-amino-alcohol motifs (C(OH)–C–C–N with tert-alkyl or cyclic N) is 1. The van der Waals surface area contributed by atoms with Gasteiger partial charge in [-0.15, -0.1) is 0 Å². The van der Waals surface area contributed by atoms with Gasteiger partial charge in [0.25, 0.3) is 5.91 Å². The summed E-state index contributed by atoms with van der Waals surface area (Å²) in [6.07, 6.45) is 1.82. The average molecular weight is 265 g/mol. The van der Waals surface area contributed by atoms with E-state index < -0.39 is 0 Å². The third kappa shape index (κ3) is 2.74. The molecule has 1 aliphatic heterocycles. The van der Waals surface area contributed by atoms with Gasteiger partial charge in [0.2, 0.25) is 0 Å². The van der Waals surface area contributed by atoms with Gasteiger partial charge < -0.3 is 5.11 Å². The summed E-state index contributed by atoms with van der Waals surface area (Å²) in [6, 6.07) is 9.62. The highest BCUT2D eigenvalue weighted by Crippen LogP contribution is 2.32. The molecule has 1 N–H and O–H groups in total. The fraction of sp³-hybridized carbons (Fsp3) is 0.167. The third-order valence-corrected chi connectivity index (χ3v) is 3.67. The molecule has 1 amide bonds. The first kappa shape index (κ1) is 12.3. The van der Waals surface area contributed by atoms with Gasteiger partial charge >= 0.3 is 0 Å². The smallest absolute Gasteiger partial charge is 0.266 e. The maximum Gasteiger partial charge on any atom is 0.266 e. The van der Waals surface area contributed by atoms with Crippen molar-refractivity contribution in [3.8, 4) is 0 Å². The number of thioether (sulfide) groups is 1. The van der Waals surface area contributed by atoms with Crippen LogP contribution in [0.2, 0.25) is 0 Å². The summed E-state index contributed by atoms with van der Waals surface area (Å²) in [4.78, 5) is 14.0. The predicted octanol–water partition coefficient (Wildman–Crippen LogP) is 1.88. The molecule has 1 aromatic rings. The van der Waals surface area contributed by atoms with E-state index in [0.29, 0.717) is 9.23 Å². The average Bonchev–Trinajstić information content (AvgIpc) is 2.59. The molecule has 5 heteroatoms. The molecular weight excluding hydrogens is 254 g/mol. The van der Waals surface area contributed by atoms with E-state index in [4.69, 9.17) is 17.3 Å². The molecule has 0 saturated carbocycles. The van der Waals surface area contributed by atoms with Crippen molar-refractivity contribution in [3.63, 3.8) is 0 Å². The Balaban J connectivity index is 2.22. The Morgan fingerprint density at radius 3 is 2.71 bits per heavy atom. The quantitative estimate of drug-likeness (QED) is 0.669. The van der Waals surface area contributed by atoms with Crippen molar-refractivity contribution >= 4 is 40.3 Å². The largest absolute Gasteiger partial charge is 0.395 e. The molecule has 88 valence electrons. The van der Waals surface area contributed by atoms with Crippen LogP contribution in [0, 0.1) is 0 Å². The minimum atomic E-state index is -0.127. The van der Waals surface area contributed by atoms with E-state index in [1.54, 1.807) is 0 Å². The van der Waals surface area contributed by atoms with E-state index in [1.807, 2.05) is 36.4 Å². The Labute approximate surface area is 109 Å². The van der Waals surface area contributed by atoms with Gasteiger partial charge in [0, 0.05) is 0 Å². The van der Waals surface area contributed by atoms with Crippen LogP contribution in [0.4, 0.5) is 0 Å². The van der Waals surface area contributed by atoms with Crippen LogP contribution in [-0.2, 0) is 4.79 Å². The Hall–Kier alpha value is -1.17. The summed E-state index contributed by atoms with van der Waals surface area (Å²) in [5, 5.41) is 8.86. The normalized spacial score (nSPS) is 18.2. The van der Waals surface area contributed by atoms with Crippen LogP contribution in [0.5, 0.6) is 0 Å². The van der Waals surface area contributed by atoms with Crippen LogP contribution < -0.4 is 0 Å². The molecule has 0 radical (unpaired) electrons. The van der Waals surface area contributed by atoms with Crippen LogP contribution in [0.15, 0.2) is 35.2 Å². The first-order valence-electron chi connectivity index (χ1n) is 5.13. The molecule has 1 aromatic carbocycles. The number of benzene rings is 1. The zero-order chi connectivity index (χ0) is 12.3. The molecule has 0 unspecified atom stereocenters. The van der Waals surface area contributed by atoms with Crippen molar-refractivity contribution in [1.82, 2.24) is 4.90 Å². The van der Waals surface area contributed by atoms with Crippen molar-refractivity contribution in [2.24, 2.45) is 0 Å². The topological polar surface area (TPSA) is 40.5 Å². The minimum absolute atomic E-state index is 0.0783. The lowest BCUT2D eigenvalue weighted by atomic mass is 10.2. The highest BCUT2D eigenvalue weighted by molar-refractivity contribution is 8.26. The van der Waals surface area contributed by atoms with Crippen molar-refractivity contribution in [2.45, 2.75) is 0 Å². The van der Waals surface area contributed by atoms with E-state index in [-0.39, 0.29) is 19.1 Å². The van der Waals surface area contributed by atoms with Crippen LogP contribution in [0.1, 0.15) is 5.56 Å². The standard InChI is InChI=1S/C12H11NO2S2/c14-7-6-13-11(15)10(17-12(13)16)8-9-4-2-1-3-5-9/h1-5,8,14H,6-7H2/b10-8-. The van der Waals surface area contributed by atoms with E-state index in [0.717, 1.165) is 5.56 Å². The Morgan fingerprint density at radius 2 is 2.06 bits per heavy atom. The van der Waals surface area contributed by atoms with Crippen LogP contribution in [-0.4, -0.2) is 33.4 Å². The van der Waals surface area contributed by atoms with Crippen LogP contribution >= 0.6 is 24.0 Å². The van der Waals surface area contributed by atoms with Crippen LogP contribution in [0.3, 0.4) is 0 Å². The first-order chi connectivity index (χ1) is 8.22.